The molecule has 1 heterocycles. The largest absolute Gasteiger partial charge is 0.493 e. The van der Waals surface area contributed by atoms with E-state index in [0.29, 0.717) is 11.3 Å². The van der Waals surface area contributed by atoms with E-state index < -0.39 is 17.6 Å². The van der Waals surface area contributed by atoms with E-state index >= 15 is 0 Å². The normalized spacial score (nSPS) is 11.0. The summed E-state index contributed by atoms with van der Waals surface area (Å²) in [4.78, 5) is 27.5. The fourth-order valence-corrected chi connectivity index (χ4v) is 2.43. The van der Waals surface area contributed by atoms with Gasteiger partial charge in [-0.2, -0.15) is 13.2 Å². The molecule has 156 valence electrons. The average molecular weight is 411 g/mol. The number of pyridine rings is 1. The highest BCUT2D eigenvalue weighted by atomic mass is 19.4. The molecule has 2 amide bonds. The molecule has 1 aromatic carbocycles. The molecule has 0 fully saturated rings. The minimum atomic E-state index is -4.49. The highest BCUT2D eigenvalue weighted by molar-refractivity contribution is 5.96. The molecule has 0 radical (unpaired) electrons. The molecule has 0 bridgehead atoms. The number of aryl methyl sites for hydroxylation is 1. The van der Waals surface area contributed by atoms with Crippen LogP contribution in [0.5, 0.6) is 11.5 Å². The Bertz CT molecular complexity index is 901. The first-order chi connectivity index (χ1) is 13.6. The Morgan fingerprint density at radius 2 is 1.86 bits per heavy atom. The summed E-state index contributed by atoms with van der Waals surface area (Å²) in [6.07, 6.45) is -4.49. The summed E-state index contributed by atoms with van der Waals surface area (Å²) in [5.41, 5.74) is -0.00136. The van der Waals surface area contributed by atoms with Gasteiger partial charge in [-0.15, -0.1) is 0 Å². The second kappa shape index (κ2) is 9.26. The number of nitrogens with zero attached hydrogens (tertiary/aromatic N) is 1. The van der Waals surface area contributed by atoms with E-state index in [0.717, 1.165) is 18.2 Å². The first kappa shape index (κ1) is 22.0. The van der Waals surface area contributed by atoms with E-state index in [9.17, 15) is 22.8 Å². The summed E-state index contributed by atoms with van der Waals surface area (Å²) in [5.74, 6) is -0.398. The van der Waals surface area contributed by atoms with Gasteiger partial charge in [0.25, 0.3) is 5.91 Å². The van der Waals surface area contributed by atoms with Crippen molar-refractivity contribution in [2.45, 2.75) is 20.0 Å². The van der Waals surface area contributed by atoms with Crippen molar-refractivity contribution in [3.63, 3.8) is 0 Å². The first-order valence-electron chi connectivity index (χ1n) is 8.52. The van der Waals surface area contributed by atoms with Crippen LogP contribution in [0.2, 0.25) is 0 Å². The molecular formula is C19H20F3N3O4. The van der Waals surface area contributed by atoms with Gasteiger partial charge in [0.15, 0.2) is 11.5 Å². The number of alkyl halides is 3. The third kappa shape index (κ3) is 6.37. The zero-order valence-electron chi connectivity index (χ0n) is 16.0. The fourth-order valence-electron chi connectivity index (χ4n) is 2.43. The summed E-state index contributed by atoms with van der Waals surface area (Å²) in [6.45, 7) is 3.12. The van der Waals surface area contributed by atoms with Crippen molar-refractivity contribution in [2.75, 3.05) is 25.6 Å². The lowest BCUT2D eigenvalue weighted by Crippen LogP contribution is -2.28. The topological polar surface area (TPSA) is 89.6 Å². The number of amides is 2. The van der Waals surface area contributed by atoms with Gasteiger partial charge in [-0.05, 0) is 37.3 Å². The van der Waals surface area contributed by atoms with Crippen molar-refractivity contribution in [2.24, 2.45) is 0 Å². The molecule has 0 saturated heterocycles. The molecule has 7 nitrogen and oxygen atoms in total. The second-order valence-corrected chi connectivity index (χ2v) is 6.03. The highest BCUT2D eigenvalue weighted by Crippen LogP contribution is 2.36. The number of nitrogens with one attached hydrogen (secondary N) is 2. The highest BCUT2D eigenvalue weighted by Gasteiger charge is 2.31. The number of carbonyl (C=O) groups excluding carboxylic acids is 2. The lowest BCUT2D eigenvalue weighted by atomic mass is 10.2. The fraction of sp³-hybridized carbons (Fsp3) is 0.316. The van der Waals surface area contributed by atoms with Crippen LogP contribution in [0, 0.1) is 6.92 Å². The molecule has 2 rings (SSSR count). The lowest BCUT2D eigenvalue weighted by Gasteiger charge is -2.14. The first-order valence-corrected chi connectivity index (χ1v) is 8.52. The number of aromatic nitrogens is 1. The number of ether oxygens (including phenoxy) is 2. The summed E-state index contributed by atoms with van der Waals surface area (Å²) in [6, 6.07) is 5.89. The molecule has 0 aliphatic heterocycles. The number of benzene rings is 1. The number of halogens is 3. The molecule has 2 aromatic rings. The van der Waals surface area contributed by atoms with Gasteiger partial charge < -0.3 is 20.1 Å². The zero-order valence-corrected chi connectivity index (χ0v) is 16.0. The van der Waals surface area contributed by atoms with Gasteiger partial charge in [0.05, 0.1) is 19.2 Å². The van der Waals surface area contributed by atoms with Crippen LogP contribution < -0.4 is 20.1 Å². The second-order valence-electron chi connectivity index (χ2n) is 6.03. The van der Waals surface area contributed by atoms with Crippen molar-refractivity contribution < 1.29 is 32.2 Å². The summed E-state index contributed by atoms with van der Waals surface area (Å²) < 4.78 is 48.6. The molecule has 10 heteroatoms. The maximum absolute atomic E-state index is 12.7. The Kier molecular flexibility index (Phi) is 7.03. The molecular weight excluding hydrogens is 391 g/mol. The molecule has 1 aromatic heterocycles. The molecule has 0 aliphatic rings. The van der Waals surface area contributed by atoms with Crippen molar-refractivity contribution in [1.82, 2.24) is 10.3 Å². The number of carbonyl (C=O) groups is 2. The Morgan fingerprint density at radius 3 is 2.48 bits per heavy atom. The predicted octanol–water partition coefficient (Wildman–Crippen LogP) is 3.18. The zero-order chi connectivity index (χ0) is 21.6. The van der Waals surface area contributed by atoms with Gasteiger partial charge in [0, 0.05) is 18.2 Å². The summed E-state index contributed by atoms with van der Waals surface area (Å²) in [5, 5.41) is 5.13. The van der Waals surface area contributed by atoms with Crippen molar-refractivity contribution >= 4 is 17.6 Å². The van der Waals surface area contributed by atoms with Crippen LogP contribution in [0.15, 0.2) is 30.3 Å². The molecule has 0 aliphatic carbocycles. The molecule has 2 N–H and O–H groups in total. The van der Waals surface area contributed by atoms with Gasteiger partial charge in [-0.25, -0.2) is 4.98 Å². The minimum absolute atomic E-state index is 0.0100. The molecule has 29 heavy (non-hydrogen) atoms. The van der Waals surface area contributed by atoms with Gasteiger partial charge in [-0.3, -0.25) is 9.59 Å². The van der Waals surface area contributed by atoms with Crippen LogP contribution in [0.4, 0.5) is 19.0 Å². The van der Waals surface area contributed by atoms with E-state index in [2.05, 4.69) is 15.6 Å². The Labute approximate surface area is 165 Å². The van der Waals surface area contributed by atoms with Crippen LogP contribution in [0.1, 0.15) is 28.5 Å². The van der Waals surface area contributed by atoms with E-state index in [4.69, 9.17) is 9.47 Å². The standard InChI is InChI=1S/C19H20F3N3O4/c1-11-8-13(9-17(24-11)25-12(2)26)18(27)23-6-7-29-15-5-4-14(19(20,21)22)10-16(15)28-3/h4-5,8-10H,6-7H2,1-3H3,(H,23,27)(H,24,25,26). The maximum Gasteiger partial charge on any atom is 0.416 e. The van der Waals surface area contributed by atoms with Crippen LogP contribution >= 0.6 is 0 Å². The van der Waals surface area contributed by atoms with Gasteiger partial charge in [0.2, 0.25) is 5.91 Å². The minimum Gasteiger partial charge on any atom is -0.493 e. The van der Waals surface area contributed by atoms with E-state index in [1.165, 1.54) is 20.1 Å². The van der Waals surface area contributed by atoms with Crippen molar-refractivity contribution in [3.8, 4) is 11.5 Å². The maximum atomic E-state index is 12.7. The van der Waals surface area contributed by atoms with Crippen LogP contribution in [-0.4, -0.2) is 37.1 Å². The Hall–Kier alpha value is -3.30. The molecule has 0 unspecified atom stereocenters. The average Bonchev–Trinajstić information content (AvgIpc) is 2.63. The third-order valence-electron chi connectivity index (χ3n) is 3.66. The molecule has 0 saturated carbocycles. The van der Waals surface area contributed by atoms with Crippen LogP contribution in [0.3, 0.4) is 0 Å². The SMILES string of the molecule is COc1cc(C(F)(F)F)ccc1OCCNC(=O)c1cc(C)nc(NC(C)=O)c1. The number of rotatable bonds is 7. The Morgan fingerprint density at radius 1 is 1.14 bits per heavy atom. The monoisotopic (exact) mass is 411 g/mol. The van der Waals surface area contributed by atoms with Crippen LogP contribution in [-0.2, 0) is 11.0 Å². The third-order valence-corrected chi connectivity index (χ3v) is 3.66. The number of hydrogen-bond acceptors (Lipinski definition) is 5. The van der Waals surface area contributed by atoms with E-state index in [1.807, 2.05) is 0 Å². The number of methoxy groups -OCH3 is 1. The molecule has 0 spiro atoms. The lowest BCUT2D eigenvalue weighted by molar-refractivity contribution is -0.137. The Balaban J connectivity index is 1.95. The van der Waals surface area contributed by atoms with Gasteiger partial charge >= 0.3 is 6.18 Å². The summed E-state index contributed by atoms with van der Waals surface area (Å²) in [7, 11) is 1.24. The smallest absolute Gasteiger partial charge is 0.416 e. The van der Waals surface area contributed by atoms with E-state index in [1.54, 1.807) is 13.0 Å². The number of anilines is 1. The quantitative estimate of drug-likeness (QED) is 0.683. The van der Waals surface area contributed by atoms with Crippen LogP contribution in [0.25, 0.3) is 0 Å². The van der Waals surface area contributed by atoms with E-state index in [-0.39, 0.29) is 36.4 Å². The molecule has 0 atom stereocenters. The number of hydrogen-bond donors (Lipinski definition) is 2. The summed E-state index contributed by atoms with van der Waals surface area (Å²) >= 11 is 0. The predicted molar refractivity (Wildman–Crippen MR) is 99.1 cm³/mol. The van der Waals surface area contributed by atoms with Gasteiger partial charge in [-0.1, -0.05) is 0 Å². The van der Waals surface area contributed by atoms with Crippen molar-refractivity contribution in [1.29, 1.82) is 0 Å². The van der Waals surface area contributed by atoms with Crippen molar-refractivity contribution in [3.05, 3.63) is 47.2 Å². The van der Waals surface area contributed by atoms with Gasteiger partial charge in [0.1, 0.15) is 12.4 Å².